The summed E-state index contributed by atoms with van der Waals surface area (Å²) in [5.41, 5.74) is 4.44. The van der Waals surface area contributed by atoms with Crippen molar-refractivity contribution in [1.82, 2.24) is 20.1 Å². The predicted molar refractivity (Wildman–Crippen MR) is 130 cm³/mol. The molecular weight excluding hydrogens is 450 g/mol. The van der Waals surface area contributed by atoms with Gasteiger partial charge in [-0.2, -0.15) is 0 Å². The van der Waals surface area contributed by atoms with Crippen LogP contribution < -0.4 is 15.0 Å². The molecule has 0 amide bonds. The van der Waals surface area contributed by atoms with Crippen LogP contribution in [-0.4, -0.2) is 46.8 Å². The molecule has 0 bridgehead atoms. The van der Waals surface area contributed by atoms with Crippen molar-refractivity contribution < 1.29 is 13.5 Å². The lowest BCUT2D eigenvalue weighted by Gasteiger charge is -2.49. The fourth-order valence-electron chi connectivity index (χ4n) is 4.71. The van der Waals surface area contributed by atoms with E-state index in [2.05, 4.69) is 68.2 Å². The largest absolute Gasteiger partial charge is 0.472 e. The third kappa shape index (κ3) is 5.18. The maximum atomic E-state index is 12.6. The topological polar surface area (TPSA) is 66.4 Å². The zero-order valence-corrected chi connectivity index (χ0v) is 19.6. The molecule has 0 atom stereocenters. The second-order valence-corrected chi connectivity index (χ2v) is 9.41. The van der Waals surface area contributed by atoms with E-state index >= 15 is 0 Å². The van der Waals surface area contributed by atoms with E-state index in [0.29, 0.717) is 29.2 Å². The number of benzene rings is 1. The Morgan fingerprint density at radius 3 is 2.40 bits per heavy atom. The Bertz CT molecular complexity index is 1160. The number of anilines is 2. The van der Waals surface area contributed by atoms with E-state index < -0.39 is 6.43 Å². The summed E-state index contributed by atoms with van der Waals surface area (Å²) in [4.78, 5) is 8.43. The molecule has 2 aliphatic rings. The van der Waals surface area contributed by atoms with E-state index in [4.69, 9.17) is 4.74 Å². The monoisotopic (exact) mass is 478 g/mol. The summed E-state index contributed by atoms with van der Waals surface area (Å²) in [6.45, 7) is 8.22. The smallest absolute Gasteiger partial charge is 0.280 e. The first-order valence-electron chi connectivity index (χ1n) is 11.6. The van der Waals surface area contributed by atoms with Crippen LogP contribution in [0.3, 0.4) is 0 Å². The zero-order chi connectivity index (χ0) is 24.4. The van der Waals surface area contributed by atoms with Gasteiger partial charge in [0.15, 0.2) is 0 Å². The fraction of sp³-hybridized carbons (Fsp3) is 0.346. The van der Waals surface area contributed by atoms with E-state index in [1.54, 1.807) is 18.2 Å². The lowest BCUT2D eigenvalue weighted by atomic mass is 9.78. The highest BCUT2D eigenvalue weighted by Crippen LogP contribution is 2.44. The Morgan fingerprint density at radius 1 is 1.03 bits per heavy atom. The molecule has 0 saturated carbocycles. The van der Waals surface area contributed by atoms with Crippen molar-refractivity contribution in [2.24, 2.45) is 5.41 Å². The maximum Gasteiger partial charge on any atom is 0.280 e. The molecule has 0 unspecified atom stereocenters. The number of alkyl halides is 2. The van der Waals surface area contributed by atoms with Crippen molar-refractivity contribution in [2.45, 2.75) is 26.0 Å². The Morgan fingerprint density at radius 2 is 1.80 bits per heavy atom. The van der Waals surface area contributed by atoms with Gasteiger partial charge in [0.25, 0.3) is 6.43 Å². The SMILES string of the molecule is C=C1CC2(CN1C)CN(c1ccc(CNc3ccc(OCc4ccc(C(F)F)nc4)nn3)cc1)C2. The van der Waals surface area contributed by atoms with Crippen molar-refractivity contribution in [3.63, 3.8) is 0 Å². The summed E-state index contributed by atoms with van der Waals surface area (Å²) in [5, 5.41) is 11.5. The van der Waals surface area contributed by atoms with Crippen LogP contribution in [0.15, 0.2) is 67.0 Å². The minimum atomic E-state index is -2.58. The van der Waals surface area contributed by atoms with Crippen LogP contribution in [0.5, 0.6) is 5.88 Å². The molecule has 2 fully saturated rings. The number of allylic oxidation sites excluding steroid dienone is 1. The molecule has 3 aromatic rings. The Hall–Kier alpha value is -3.75. The molecule has 182 valence electrons. The standard InChI is InChI=1S/C26H28F2N6O/c1-18-11-26(15-33(18)2)16-34(17-26)21-6-3-19(4-7-21)12-30-23-9-10-24(32-31-23)35-14-20-5-8-22(25(27)28)29-13-20/h3-10,13,25H,1,11-12,14-17H2,2H3,(H,30,31). The maximum absolute atomic E-state index is 12.6. The lowest BCUT2D eigenvalue weighted by Crippen LogP contribution is -2.57. The average Bonchev–Trinajstić information content (AvgIpc) is 3.16. The molecule has 1 aromatic carbocycles. The van der Waals surface area contributed by atoms with E-state index in [1.165, 1.54) is 23.6 Å². The molecule has 4 heterocycles. The second kappa shape index (κ2) is 9.48. The molecule has 2 saturated heterocycles. The number of hydrogen-bond acceptors (Lipinski definition) is 7. The minimum Gasteiger partial charge on any atom is -0.472 e. The zero-order valence-electron chi connectivity index (χ0n) is 19.6. The number of nitrogens with zero attached hydrogens (tertiary/aromatic N) is 5. The summed E-state index contributed by atoms with van der Waals surface area (Å²) in [5.74, 6) is 0.988. The van der Waals surface area contributed by atoms with Crippen molar-refractivity contribution >= 4 is 11.5 Å². The van der Waals surface area contributed by atoms with Crippen LogP contribution in [0.25, 0.3) is 0 Å². The molecule has 2 aliphatic heterocycles. The lowest BCUT2D eigenvalue weighted by molar-refractivity contribution is 0.146. The van der Waals surface area contributed by atoms with Gasteiger partial charge in [0, 0.05) is 67.9 Å². The summed E-state index contributed by atoms with van der Waals surface area (Å²) < 4.78 is 30.7. The first-order valence-corrected chi connectivity index (χ1v) is 11.6. The van der Waals surface area contributed by atoms with Crippen molar-refractivity contribution in [3.8, 4) is 5.88 Å². The highest BCUT2D eigenvalue weighted by atomic mass is 19.3. The van der Waals surface area contributed by atoms with Gasteiger partial charge in [0.1, 0.15) is 18.1 Å². The van der Waals surface area contributed by atoms with Crippen LogP contribution in [0.4, 0.5) is 20.3 Å². The van der Waals surface area contributed by atoms with Gasteiger partial charge in [-0.1, -0.05) is 24.8 Å². The Labute approximate surface area is 203 Å². The highest BCUT2D eigenvalue weighted by molar-refractivity contribution is 5.52. The second-order valence-electron chi connectivity index (χ2n) is 9.41. The number of likely N-dealkylation sites (tertiary alicyclic amines) is 1. The molecule has 0 aliphatic carbocycles. The molecule has 7 nitrogen and oxygen atoms in total. The van der Waals surface area contributed by atoms with Crippen molar-refractivity contribution in [1.29, 1.82) is 0 Å². The molecule has 5 rings (SSSR count). The van der Waals surface area contributed by atoms with E-state index in [-0.39, 0.29) is 12.3 Å². The molecule has 1 N–H and O–H groups in total. The molecule has 35 heavy (non-hydrogen) atoms. The van der Waals surface area contributed by atoms with E-state index in [0.717, 1.165) is 31.6 Å². The minimum absolute atomic E-state index is 0.175. The predicted octanol–water partition coefficient (Wildman–Crippen LogP) is 4.66. The Balaban J connectivity index is 1.07. The number of hydrogen-bond donors (Lipinski definition) is 1. The highest BCUT2D eigenvalue weighted by Gasteiger charge is 2.48. The molecular formula is C26H28F2N6O. The molecule has 0 radical (unpaired) electrons. The van der Waals surface area contributed by atoms with Crippen LogP contribution >= 0.6 is 0 Å². The third-order valence-electron chi connectivity index (χ3n) is 6.62. The van der Waals surface area contributed by atoms with Gasteiger partial charge >= 0.3 is 0 Å². The summed E-state index contributed by atoms with van der Waals surface area (Å²) in [6, 6.07) is 15.0. The molecule has 1 spiro atoms. The Kier molecular flexibility index (Phi) is 6.23. The average molecular weight is 479 g/mol. The van der Waals surface area contributed by atoms with E-state index in [9.17, 15) is 8.78 Å². The number of halogens is 2. The van der Waals surface area contributed by atoms with Gasteiger partial charge in [-0.3, -0.25) is 4.98 Å². The first-order chi connectivity index (χ1) is 16.9. The van der Waals surface area contributed by atoms with Gasteiger partial charge in [-0.05, 0) is 36.2 Å². The fourth-order valence-corrected chi connectivity index (χ4v) is 4.71. The first kappa shape index (κ1) is 23.0. The summed E-state index contributed by atoms with van der Waals surface area (Å²) >= 11 is 0. The van der Waals surface area contributed by atoms with Crippen LogP contribution in [0, 0.1) is 5.41 Å². The van der Waals surface area contributed by atoms with Crippen LogP contribution in [-0.2, 0) is 13.2 Å². The third-order valence-corrected chi connectivity index (χ3v) is 6.62. The number of aromatic nitrogens is 3. The number of ether oxygens (including phenoxy) is 1. The van der Waals surface area contributed by atoms with Gasteiger partial charge in [0.05, 0.1) is 0 Å². The molecule has 2 aromatic heterocycles. The van der Waals surface area contributed by atoms with Gasteiger partial charge in [-0.15, -0.1) is 10.2 Å². The van der Waals surface area contributed by atoms with Crippen molar-refractivity contribution in [2.75, 3.05) is 36.9 Å². The number of nitrogens with one attached hydrogen (secondary N) is 1. The number of pyridine rings is 1. The van der Waals surface area contributed by atoms with Gasteiger partial charge in [0.2, 0.25) is 5.88 Å². The van der Waals surface area contributed by atoms with Crippen LogP contribution in [0.2, 0.25) is 0 Å². The van der Waals surface area contributed by atoms with Crippen LogP contribution in [0.1, 0.15) is 29.7 Å². The van der Waals surface area contributed by atoms with E-state index in [1.807, 2.05) is 0 Å². The van der Waals surface area contributed by atoms with Crippen molar-refractivity contribution in [3.05, 3.63) is 83.8 Å². The normalized spacial score (nSPS) is 16.6. The van der Waals surface area contributed by atoms with Gasteiger partial charge in [-0.25, -0.2) is 8.78 Å². The quantitative estimate of drug-likeness (QED) is 0.505. The summed E-state index contributed by atoms with van der Waals surface area (Å²) in [6.07, 6.45) is -0.110. The summed E-state index contributed by atoms with van der Waals surface area (Å²) in [7, 11) is 2.13. The number of rotatable bonds is 8. The van der Waals surface area contributed by atoms with Gasteiger partial charge < -0.3 is 19.9 Å². The molecule has 9 heteroatoms.